The smallest absolute Gasteiger partial charge is 0.338 e. The molecule has 1 rings (SSSR count). The fourth-order valence-electron chi connectivity index (χ4n) is 1.77. The number of nitrogens with zero attached hydrogens (tertiary/aromatic N) is 1. The zero-order valence-electron chi connectivity index (χ0n) is 12.2. The highest BCUT2D eigenvalue weighted by molar-refractivity contribution is 5.90. The van der Waals surface area contributed by atoms with Crippen LogP contribution in [0.1, 0.15) is 42.6 Å². The number of rotatable bonds is 5. The van der Waals surface area contributed by atoms with Crippen molar-refractivity contribution >= 4 is 11.7 Å². The van der Waals surface area contributed by atoms with Gasteiger partial charge in [0.25, 0.3) is 5.69 Å². The molecule has 0 bridgehead atoms. The third-order valence-corrected chi connectivity index (χ3v) is 2.74. The van der Waals surface area contributed by atoms with E-state index in [1.165, 1.54) is 12.1 Å². The van der Waals surface area contributed by atoms with Crippen LogP contribution < -0.4 is 0 Å². The lowest BCUT2D eigenvalue weighted by Crippen LogP contribution is -2.24. The molecule has 0 aliphatic rings. The van der Waals surface area contributed by atoms with Crippen molar-refractivity contribution in [3.63, 3.8) is 0 Å². The van der Waals surface area contributed by atoms with Crippen LogP contribution in [0.5, 0.6) is 0 Å². The van der Waals surface area contributed by atoms with Crippen molar-refractivity contribution in [2.75, 3.05) is 13.2 Å². The van der Waals surface area contributed by atoms with Gasteiger partial charge in [-0.1, -0.05) is 6.07 Å². The van der Waals surface area contributed by atoms with Gasteiger partial charge in [0.1, 0.15) is 5.60 Å². The highest BCUT2D eigenvalue weighted by Crippen LogP contribution is 2.28. The quantitative estimate of drug-likeness (QED) is 0.485. The number of hydrogen-bond donors (Lipinski definition) is 2. The molecule has 0 spiro atoms. The number of hydrogen-bond acceptors (Lipinski definition) is 6. The molecule has 0 aromatic heterocycles. The predicted molar refractivity (Wildman–Crippen MR) is 75.2 cm³/mol. The van der Waals surface area contributed by atoms with Crippen LogP contribution in [-0.4, -0.2) is 39.9 Å². The van der Waals surface area contributed by atoms with E-state index in [4.69, 9.17) is 14.9 Å². The van der Waals surface area contributed by atoms with Crippen molar-refractivity contribution in [1.82, 2.24) is 0 Å². The van der Waals surface area contributed by atoms with Gasteiger partial charge in [-0.15, -0.1) is 0 Å². The van der Waals surface area contributed by atoms with Gasteiger partial charge >= 0.3 is 5.97 Å². The molecule has 7 heteroatoms. The SMILES string of the molecule is CC(C)(C)OC(=O)c1ccc(C(CO)CO)c([N+](=O)[O-])c1. The predicted octanol–water partition coefficient (Wildman–Crippen LogP) is 1.62. The lowest BCUT2D eigenvalue weighted by atomic mass is 9.97. The van der Waals surface area contributed by atoms with Gasteiger partial charge < -0.3 is 14.9 Å². The Bertz CT molecular complexity index is 531. The average Bonchev–Trinajstić information content (AvgIpc) is 2.38. The fraction of sp³-hybridized carbons (Fsp3) is 0.500. The van der Waals surface area contributed by atoms with Gasteiger partial charge in [0.2, 0.25) is 0 Å². The van der Waals surface area contributed by atoms with E-state index in [1.807, 2.05) is 0 Å². The van der Waals surface area contributed by atoms with Gasteiger partial charge in [-0.25, -0.2) is 4.79 Å². The molecule has 0 unspecified atom stereocenters. The van der Waals surface area contributed by atoms with Gasteiger partial charge in [0.15, 0.2) is 0 Å². The maximum absolute atomic E-state index is 11.9. The van der Waals surface area contributed by atoms with E-state index in [0.717, 1.165) is 6.07 Å². The fourth-order valence-corrected chi connectivity index (χ4v) is 1.77. The van der Waals surface area contributed by atoms with Crippen molar-refractivity contribution in [1.29, 1.82) is 0 Å². The van der Waals surface area contributed by atoms with Crippen LogP contribution in [-0.2, 0) is 4.74 Å². The van der Waals surface area contributed by atoms with E-state index < -0.39 is 35.6 Å². The maximum Gasteiger partial charge on any atom is 0.338 e. The standard InChI is InChI=1S/C14H19NO6/c1-14(2,3)21-13(18)9-4-5-11(10(7-16)8-17)12(6-9)15(19)20/h4-6,10,16-17H,7-8H2,1-3H3. The summed E-state index contributed by atoms with van der Waals surface area (Å²) in [6, 6.07) is 3.84. The molecule has 0 heterocycles. The Morgan fingerprint density at radius 3 is 2.33 bits per heavy atom. The number of esters is 1. The highest BCUT2D eigenvalue weighted by atomic mass is 16.6. The Kier molecular flexibility index (Phi) is 5.40. The number of nitro benzene ring substituents is 1. The van der Waals surface area contributed by atoms with Gasteiger partial charge in [-0.2, -0.15) is 0 Å². The first-order valence-electron chi connectivity index (χ1n) is 6.43. The van der Waals surface area contributed by atoms with Crippen LogP contribution in [0.15, 0.2) is 18.2 Å². The van der Waals surface area contributed by atoms with Crippen LogP contribution in [0.25, 0.3) is 0 Å². The lowest BCUT2D eigenvalue weighted by molar-refractivity contribution is -0.385. The molecule has 0 saturated carbocycles. The minimum atomic E-state index is -0.766. The van der Waals surface area contributed by atoms with Crippen LogP contribution >= 0.6 is 0 Å². The number of carbonyl (C=O) groups is 1. The number of benzene rings is 1. The van der Waals surface area contributed by atoms with E-state index in [0.29, 0.717) is 0 Å². The number of aliphatic hydroxyl groups excluding tert-OH is 2. The van der Waals surface area contributed by atoms with Crippen molar-refractivity contribution < 1.29 is 24.7 Å². The molecular weight excluding hydrogens is 278 g/mol. The van der Waals surface area contributed by atoms with Crippen molar-refractivity contribution in [3.8, 4) is 0 Å². The normalized spacial score (nSPS) is 11.5. The Hall–Kier alpha value is -1.99. The number of carbonyl (C=O) groups excluding carboxylic acids is 1. The molecular formula is C14H19NO6. The summed E-state index contributed by atoms with van der Waals surface area (Å²) < 4.78 is 5.15. The molecule has 0 atom stereocenters. The monoisotopic (exact) mass is 297 g/mol. The minimum absolute atomic E-state index is 0.0509. The summed E-state index contributed by atoms with van der Waals surface area (Å²) in [5.74, 6) is -1.43. The largest absolute Gasteiger partial charge is 0.456 e. The Morgan fingerprint density at radius 1 is 1.33 bits per heavy atom. The lowest BCUT2D eigenvalue weighted by Gasteiger charge is -2.19. The van der Waals surface area contributed by atoms with Crippen molar-refractivity contribution in [2.24, 2.45) is 0 Å². The van der Waals surface area contributed by atoms with Gasteiger partial charge in [0.05, 0.1) is 23.7 Å². The Morgan fingerprint density at radius 2 is 1.90 bits per heavy atom. The van der Waals surface area contributed by atoms with Crippen LogP contribution in [0.3, 0.4) is 0 Å². The maximum atomic E-state index is 11.9. The molecule has 0 amide bonds. The zero-order chi connectivity index (χ0) is 16.2. The second-order valence-corrected chi connectivity index (χ2v) is 5.59. The summed E-state index contributed by atoms with van der Waals surface area (Å²) in [7, 11) is 0. The molecule has 2 N–H and O–H groups in total. The van der Waals surface area contributed by atoms with E-state index in [2.05, 4.69) is 0 Å². The summed E-state index contributed by atoms with van der Waals surface area (Å²) >= 11 is 0. The highest BCUT2D eigenvalue weighted by Gasteiger charge is 2.25. The van der Waals surface area contributed by atoms with Gasteiger partial charge in [-0.3, -0.25) is 10.1 Å². The molecule has 21 heavy (non-hydrogen) atoms. The van der Waals surface area contributed by atoms with Crippen LogP contribution in [0.2, 0.25) is 0 Å². The van der Waals surface area contributed by atoms with E-state index in [-0.39, 0.29) is 16.8 Å². The van der Waals surface area contributed by atoms with E-state index in [1.54, 1.807) is 20.8 Å². The number of nitro groups is 1. The van der Waals surface area contributed by atoms with E-state index in [9.17, 15) is 14.9 Å². The number of ether oxygens (including phenoxy) is 1. The van der Waals surface area contributed by atoms with Crippen molar-refractivity contribution in [3.05, 3.63) is 39.4 Å². The molecule has 0 fully saturated rings. The Labute approximate surface area is 122 Å². The van der Waals surface area contributed by atoms with Gasteiger partial charge in [0, 0.05) is 17.5 Å². The summed E-state index contributed by atoms with van der Waals surface area (Å²) in [5.41, 5.74) is -0.803. The molecule has 0 aliphatic heterocycles. The second kappa shape index (κ2) is 6.64. The topological polar surface area (TPSA) is 110 Å². The molecule has 1 aromatic rings. The van der Waals surface area contributed by atoms with Crippen molar-refractivity contribution in [2.45, 2.75) is 32.3 Å². The molecule has 0 saturated heterocycles. The number of aliphatic hydroxyl groups is 2. The first-order valence-corrected chi connectivity index (χ1v) is 6.43. The molecule has 116 valence electrons. The molecule has 7 nitrogen and oxygen atoms in total. The molecule has 0 aliphatic carbocycles. The average molecular weight is 297 g/mol. The first-order chi connectivity index (χ1) is 9.69. The second-order valence-electron chi connectivity index (χ2n) is 5.59. The summed E-state index contributed by atoms with van der Waals surface area (Å²) in [6.07, 6.45) is 0. The molecule has 0 radical (unpaired) electrons. The van der Waals surface area contributed by atoms with Crippen LogP contribution in [0.4, 0.5) is 5.69 Å². The zero-order valence-corrected chi connectivity index (χ0v) is 12.2. The summed E-state index contributed by atoms with van der Waals surface area (Å²) in [6.45, 7) is 4.23. The summed E-state index contributed by atoms with van der Waals surface area (Å²) in [5, 5.41) is 29.4. The third kappa shape index (κ3) is 4.51. The van der Waals surface area contributed by atoms with E-state index >= 15 is 0 Å². The van der Waals surface area contributed by atoms with Gasteiger partial charge in [-0.05, 0) is 26.8 Å². The van der Waals surface area contributed by atoms with Crippen LogP contribution in [0, 0.1) is 10.1 Å². The first kappa shape index (κ1) is 17.1. The summed E-state index contributed by atoms with van der Waals surface area (Å²) in [4.78, 5) is 22.4. The Balaban J connectivity index is 3.20. The molecule has 1 aromatic carbocycles. The minimum Gasteiger partial charge on any atom is -0.456 e. The third-order valence-electron chi connectivity index (χ3n) is 2.74.